The molecule has 0 spiro atoms. The highest BCUT2D eigenvalue weighted by atomic mass is 19.3. The highest BCUT2D eigenvalue weighted by Gasteiger charge is 2.25. The Bertz CT molecular complexity index is 980. The van der Waals surface area contributed by atoms with Gasteiger partial charge in [-0.25, -0.2) is 5.01 Å². The molecular formula is C21H22F2N4O4. The van der Waals surface area contributed by atoms with Gasteiger partial charge < -0.3 is 14.8 Å². The van der Waals surface area contributed by atoms with E-state index in [2.05, 4.69) is 20.5 Å². The van der Waals surface area contributed by atoms with E-state index in [9.17, 15) is 18.4 Å². The lowest BCUT2D eigenvalue weighted by Crippen LogP contribution is -2.55. The summed E-state index contributed by atoms with van der Waals surface area (Å²) in [6.07, 6.45) is 0.364. The molecule has 8 nitrogen and oxygen atoms in total. The number of aryl methyl sites for hydroxylation is 1. The van der Waals surface area contributed by atoms with E-state index in [4.69, 9.17) is 4.74 Å². The number of nitrogens with zero attached hydrogens (tertiary/aromatic N) is 2. The number of amidine groups is 1. The van der Waals surface area contributed by atoms with E-state index in [0.29, 0.717) is 17.7 Å². The van der Waals surface area contributed by atoms with Gasteiger partial charge in [-0.05, 0) is 43.2 Å². The average molecular weight is 432 g/mol. The van der Waals surface area contributed by atoms with Crippen molar-refractivity contribution < 1.29 is 27.8 Å². The van der Waals surface area contributed by atoms with Crippen LogP contribution in [0.2, 0.25) is 0 Å². The van der Waals surface area contributed by atoms with Crippen molar-refractivity contribution in [2.75, 3.05) is 25.2 Å². The molecule has 0 radical (unpaired) electrons. The molecule has 10 heteroatoms. The van der Waals surface area contributed by atoms with Crippen LogP contribution in [0, 0.1) is 6.92 Å². The molecule has 0 saturated heterocycles. The van der Waals surface area contributed by atoms with Crippen LogP contribution in [0.4, 0.5) is 14.5 Å². The second kappa shape index (κ2) is 9.88. The number of carbonyl (C=O) groups is 2. The summed E-state index contributed by atoms with van der Waals surface area (Å²) < 4.78 is 34.6. The van der Waals surface area contributed by atoms with Crippen molar-refractivity contribution >= 4 is 23.3 Å². The normalized spacial score (nSPS) is 13.5. The Morgan fingerprint density at radius 1 is 1.23 bits per heavy atom. The van der Waals surface area contributed by atoms with Crippen molar-refractivity contribution in [1.29, 1.82) is 0 Å². The molecule has 31 heavy (non-hydrogen) atoms. The molecule has 1 aliphatic heterocycles. The molecule has 0 saturated carbocycles. The van der Waals surface area contributed by atoms with Crippen LogP contribution in [0.5, 0.6) is 11.5 Å². The number of methoxy groups -OCH3 is 1. The fourth-order valence-corrected chi connectivity index (χ4v) is 2.91. The zero-order chi connectivity index (χ0) is 22.4. The van der Waals surface area contributed by atoms with Gasteiger partial charge in [-0.3, -0.25) is 20.0 Å². The molecule has 2 N–H and O–H groups in total. The molecule has 0 aliphatic carbocycles. The lowest BCUT2D eigenvalue weighted by atomic mass is 10.1. The Morgan fingerprint density at radius 3 is 2.65 bits per heavy atom. The van der Waals surface area contributed by atoms with Gasteiger partial charge >= 0.3 is 6.61 Å². The SMILES string of the molecule is COc1ccc(CCNC(=O)C2=NCC(=O)N(c3ccc(C)cc3)N2)cc1OC(F)F. The van der Waals surface area contributed by atoms with Gasteiger partial charge in [-0.2, -0.15) is 8.78 Å². The summed E-state index contributed by atoms with van der Waals surface area (Å²) in [6, 6.07) is 11.9. The van der Waals surface area contributed by atoms with Crippen LogP contribution in [-0.2, 0) is 16.0 Å². The van der Waals surface area contributed by atoms with E-state index in [1.807, 2.05) is 19.1 Å². The first-order valence-corrected chi connectivity index (χ1v) is 9.48. The van der Waals surface area contributed by atoms with Gasteiger partial charge in [0.15, 0.2) is 11.5 Å². The van der Waals surface area contributed by atoms with Gasteiger partial charge in [0.1, 0.15) is 6.54 Å². The summed E-state index contributed by atoms with van der Waals surface area (Å²) >= 11 is 0. The minimum atomic E-state index is -2.97. The lowest BCUT2D eigenvalue weighted by Gasteiger charge is -2.27. The van der Waals surface area contributed by atoms with E-state index >= 15 is 0 Å². The fraction of sp³-hybridized carbons (Fsp3) is 0.286. The third kappa shape index (κ3) is 5.68. The number of anilines is 1. The number of amides is 2. The standard InChI is InChI=1S/C21H22F2N4O4/c1-13-3-6-15(7-4-13)27-18(28)12-25-19(26-27)20(29)24-10-9-14-5-8-16(30-2)17(11-14)31-21(22)23/h3-8,11,21H,9-10,12H2,1-2H3,(H,24,29)(H,25,26). The summed E-state index contributed by atoms with van der Waals surface area (Å²) in [4.78, 5) is 28.6. The molecule has 0 bridgehead atoms. The van der Waals surface area contributed by atoms with Crippen molar-refractivity contribution in [3.8, 4) is 11.5 Å². The first kappa shape index (κ1) is 22.0. The molecule has 1 heterocycles. The van der Waals surface area contributed by atoms with Gasteiger partial charge in [0.2, 0.25) is 5.84 Å². The summed E-state index contributed by atoms with van der Waals surface area (Å²) in [5.41, 5.74) is 5.05. The molecule has 164 valence electrons. The number of halogens is 2. The second-order valence-electron chi connectivity index (χ2n) is 6.71. The molecule has 2 amide bonds. The topological polar surface area (TPSA) is 92.3 Å². The predicted molar refractivity (Wildman–Crippen MR) is 110 cm³/mol. The maximum atomic E-state index is 12.6. The number of hydrazine groups is 1. The number of rotatable bonds is 8. The van der Waals surface area contributed by atoms with Gasteiger partial charge in [-0.15, -0.1) is 0 Å². The largest absolute Gasteiger partial charge is 0.493 e. The van der Waals surface area contributed by atoms with E-state index < -0.39 is 12.5 Å². The van der Waals surface area contributed by atoms with Gasteiger partial charge in [-0.1, -0.05) is 23.8 Å². The highest BCUT2D eigenvalue weighted by molar-refractivity contribution is 6.39. The summed E-state index contributed by atoms with van der Waals surface area (Å²) in [7, 11) is 1.36. The monoisotopic (exact) mass is 432 g/mol. The summed E-state index contributed by atoms with van der Waals surface area (Å²) in [6.45, 7) is -0.978. The van der Waals surface area contributed by atoms with Crippen LogP contribution < -0.4 is 25.2 Å². The Morgan fingerprint density at radius 2 is 1.97 bits per heavy atom. The van der Waals surface area contributed by atoms with Crippen molar-refractivity contribution in [3.05, 3.63) is 53.6 Å². The molecule has 0 aromatic heterocycles. The first-order chi connectivity index (χ1) is 14.9. The number of carbonyl (C=O) groups excluding carboxylic acids is 2. The molecule has 2 aromatic carbocycles. The maximum Gasteiger partial charge on any atom is 0.387 e. The number of hydrogen-bond acceptors (Lipinski definition) is 6. The molecule has 1 aliphatic rings. The minimum Gasteiger partial charge on any atom is -0.493 e. The third-order valence-electron chi connectivity index (χ3n) is 4.49. The predicted octanol–water partition coefficient (Wildman–Crippen LogP) is 2.21. The van der Waals surface area contributed by atoms with Crippen LogP contribution in [0.25, 0.3) is 0 Å². The Labute approximate surface area is 177 Å². The zero-order valence-corrected chi connectivity index (χ0v) is 17.0. The van der Waals surface area contributed by atoms with E-state index in [1.54, 1.807) is 18.2 Å². The number of nitrogens with one attached hydrogen (secondary N) is 2. The van der Waals surface area contributed by atoms with Crippen LogP contribution in [0.15, 0.2) is 47.5 Å². The van der Waals surface area contributed by atoms with Crippen LogP contribution in [0.1, 0.15) is 11.1 Å². The van der Waals surface area contributed by atoms with Crippen molar-refractivity contribution in [3.63, 3.8) is 0 Å². The second-order valence-corrected chi connectivity index (χ2v) is 6.71. The van der Waals surface area contributed by atoms with Crippen molar-refractivity contribution in [2.24, 2.45) is 4.99 Å². The van der Waals surface area contributed by atoms with Crippen LogP contribution in [-0.4, -0.2) is 44.5 Å². The smallest absolute Gasteiger partial charge is 0.387 e. The molecule has 3 rings (SSSR count). The summed E-state index contributed by atoms with van der Waals surface area (Å²) in [5.74, 6) is -0.648. The zero-order valence-electron chi connectivity index (χ0n) is 17.0. The van der Waals surface area contributed by atoms with Crippen molar-refractivity contribution in [1.82, 2.24) is 10.7 Å². The third-order valence-corrected chi connectivity index (χ3v) is 4.49. The van der Waals surface area contributed by atoms with Crippen LogP contribution in [0.3, 0.4) is 0 Å². The highest BCUT2D eigenvalue weighted by Crippen LogP contribution is 2.29. The molecule has 0 fully saturated rings. The van der Waals surface area contributed by atoms with Gasteiger partial charge in [0.05, 0.1) is 12.8 Å². The Kier molecular flexibility index (Phi) is 7.01. The summed E-state index contributed by atoms with van der Waals surface area (Å²) in [5, 5.41) is 3.97. The number of hydrogen-bond donors (Lipinski definition) is 2. The Hall–Kier alpha value is -3.69. The number of alkyl halides is 2. The fourth-order valence-electron chi connectivity index (χ4n) is 2.91. The minimum absolute atomic E-state index is 0.0108. The number of aliphatic imine (C=N–C) groups is 1. The van der Waals surface area contributed by atoms with E-state index in [1.165, 1.54) is 24.3 Å². The van der Waals surface area contributed by atoms with E-state index in [0.717, 1.165) is 5.56 Å². The molecular weight excluding hydrogens is 410 g/mol. The maximum absolute atomic E-state index is 12.6. The first-order valence-electron chi connectivity index (χ1n) is 9.48. The molecule has 0 unspecified atom stereocenters. The Balaban J connectivity index is 1.58. The molecule has 2 aromatic rings. The van der Waals surface area contributed by atoms with Crippen molar-refractivity contribution in [2.45, 2.75) is 20.0 Å². The lowest BCUT2D eigenvalue weighted by molar-refractivity contribution is -0.118. The van der Waals surface area contributed by atoms with Gasteiger partial charge in [0.25, 0.3) is 11.8 Å². The quantitative estimate of drug-likeness (QED) is 0.668. The van der Waals surface area contributed by atoms with E-state index in [-0.39, 0.29) is 36.3 Å². The number of benzene rings is 2. The molecule has 0 atom stereocenters. The number of ether oxygens (including phenoxy) is 2. The average Bonchev–Trinajstić information content (AvgIpc) is 2.74. The van der Waals surface area contributed by atoms with Gasteiger partial charge in [0, 0.05) is 6.54 Å². The van der Waals surface area contributed by atoms with Crippen LogP contribution >= 0.6 is 0 Å².